The summed E-state index contributed by atoms with van der Waals surface area (Å²) in [4.78, 5) is 29.4. The third-order valence-electron chi connectivity index (χ3n) is 5.36. The van der Waals surface area contributed by atoms with E-state index in [2.05, 4.69) is 4.90 Å². The summed E-state index contributed by atoms with van der Waals surface area (Å²) >= 11 is 0. The standard InChI is InChI=1S/C18H30N2O3/c1-13(2)17(21)19-9-3-4-16(12-19)20(18(22)14-5-6-14)15-7-10-23-11-8-15/h13-16H,3-12H2,1-2H3. The summed E-state index contributed by atoms with van der Waals surface area (Å²) in [6, 6.07) is 0.499. The Morgan fingerprint density at radius 1 is 1.04 bits per heavy atom. The normalized spacial score (nSPS) is 26.4. The highest BCUT2D eigenvalue weighted by atomic mass is 16.5. The molecule has 23 heavy (non-hydrogen) atoms. The highest BCUT2D eigenvalue weighted by Crippen LogP contribution is 2.35. The summed E-state index contributed by atoms with van der Waals surface area (Å²) in [5.41, 5.74) is 0. The first-order valence-electron chi connectivity index (χ1n) is 9.26. The molecule has 5 nitrogen and oxygen atoms in total. The molecule has 3 fully saturated rings. The van der Waals surface area contributed by atoms with Gasteiger partial charge in [-0.2, -0.15) is 0 Å². The van der Waals surface area contributed by atoms with E-state index in [4.69, 9.17) is 4.74 Å². The molecular weight excluding hydrogens is 292 g/mol. The Hall–Kier alpha value is -1.10. The van der Waals surface area contributed by atoms with E-state index in [1.54, 1.807) is 0 Å². The van der Waals surface area contributed by atoms with Gasteiger partial charge >= 0.3 is 0 Å². The van der Waals surface area contributed by atoms with Crippen molar-refractivity contribution in [3.05, 3.63) is 0 Å². The van der Waals surface area contributed by atoms with Gasteiger partial charge in [-0.3, -0.25) is 9.59 Å². The Balaban J connectivity index is 1.72. The van der Waals surface area contributed by atoms with Crippen LogP contribution in [0.3, 0.4) is 0 Å². The molecule has 3 rings (SSSR count). The molecule has 1 unspecified atom stereocenters. The van der Waals surface area contributed by atoms with Gasteiger partial charge in [-0.05, 0) is 38.5 Å². The summed E-state index contributed by atoms with van der Waals surface area (Å²) in [6.45, 7) is 6.97. The fourth-order valence-corrected chi connectivity index (χ4v) is 3.91. The first-order chi connectivity index (χ1) is 11.1. The van der Waals surface area contributed by atoms with Gasteiger partial charge in [0.05, 0.1) is 0 Å². The number of carbonyl (C=O) groups is 2. The summed E-state index contributed by atoms with van der Waals surface area (Å²) in [5.74, 6) is 0.833. The van der Waals surface area contributed by atoms with Gasteiger partial charge in [-0.1, -0.05) is 13.8 Å². The van der Waals surface area contributed by atoms with Gasteiger partial charge < -0.3 is 14.5 Å². The predicted octanol–water partition coefficient (Wildman–Crippen LogP) is 2.05. The maximum Gasteiger partial charge on any atom is 0.226 e. The van der Waals surface area contributed by atoms with Crippen LogP contribution >= 0.6 is 0 Å². The zero-order valence-corrected chi connectivity index (χ0v) is 14.5. The van der Waals surface area contributed by atoms with Crippen molar-refractivity contribution < 1.29 is 14.3 Å². The lowest BCUT2D eigenvalue weighted by atomic mass is 9.97. The van der Waals surface area contributed by atoms with E-state index in [-0.39, 0.29) is 23.8 Å². The second-order valence-electron chi connectivity index (χ2n) is 7.60. The smallest absolute Gasteiger partial charge is 0.226 e. The van der Waals surface area contributed by atoms with Crippen LogP contribution in [0.5, 0.6) is 0 Å². The average molecular weight is 322 g/mol. The van der Waals surface area contributed by atoms with Crippen molar-refractivity contribution in [2.24, 2.45) is 11.8 Å². The Bertz CT molecular complexity index is 442. The fourth-order valence-electron chi connectivity index (χ4n) is 3.91. The number of nitrogens with zero attached hydrogens (tertiary/aromatic N) is 2. The molecule has 0 aromatic heterocycles. The van der Waals surface area contributed by atoms with Gasteiger partial charge in [0.1, 0.15) is 0 Å². The Labute approximate surface area is 139 Å². The molecule has 2 heterocycles. The van der Waals surface area contributed by atoms with Gasteiger partial charge in [0.2, 0.25) is 11.8 Å². The van der Waals surface area contributed by atoms with Crippen LogP contribution in [0.4, 0.5) is 0 Å². The van der Waals surface area contributed by atoms with Crippen LogP contribution in [0.25, 0.3) is 0 Å². The first-order valence-corrected chi connectivity index (χ1v) is 9.26. The van der Waals surface area contributed by atoms with E-state index < -0.39 is 0 Å². The highest BCUT2D eigenvalue weighted by Gasteiger charge is 2.41. The Morgan fingerprint density at radius 2 is 1.74 bits per heavy atom. The van der Waals surface area contributed by atoms with Crippen LogP contribution in [-0.4, -0.2) is 60.0 Å². The topological polar surface area (TPSA) is 49.9 Å². The molecule has 5 heteroatoms. The molecule has 0 N–H and O–H groups in total. The number of rotatable bonds is 4. The predicted molar refractivity (Wildman–Crippen MR) is 87.9 cm³/mol. The molecule has 2 amide bonds. The van der Waals surface area contributed by atoms with Crippen LogP contribution in [-0.2, 0) is 14.3 Å². The second kappa shape index (κ2) is 7.20. The van der Waals surface area contributed by atoms with E-state index in [9.17, 15) is 9.59 Å². The third-order valence-corrected chi connectivity index (χ3v) is 5.36. The molecule has 0 aromatic carbocycles. The fraction of sp³-hybridized carbons (Fsp3) is 0.889. The molecule has 2 aliphatic heterocycles. The second-order valence-corrected chi connectivity index (χ2v) is 7.60. The molecule has 0 spiro atoms. The van der Waals surface area contributed by atoms with E-state index in [0.29, 0.717) is 18.5 Å². The minimum absolute atomic E-state index is 0.0319. The van der Waals surface area contributed by atoms with Gasteiger partial charge in [-0.25, -0.2) is 0 Å². The first kappa shape index (κ1) is 16.7. The molecule has 3 aliphatic rings. The lowest BCUT2D eigenvalue weighted by Crippen LogP contribution is -2.56. The maximum absolute atomic E-state index is 12.9. The molecular formula is C18H30N2O3. The molecule has 130 valence electrons. The van der Waals surface area contributed by atoms with E-state index in [1.165, 1.54) is 0 Å². The van der Waals surface area contributed by atoms with Crippen LogP contribution in [0.2, 0.25) is 0 Å². The van der Waals surface area contributed by atoms with Crippen molar-refractivity contribution in [1.29, 1.82) is 0 Å². The average Bonchev–Trinajstić information content (AvgIpc) is 3.40. The van der Waals surface area contributed by atoms with Crippen molar-refractivity contribution in [1.82, 2.24) is 9.80 Å². The van der Waals surface area contributed by atoms with E-state index >= 15 is 0 Å². The molecule has 1 saturated carbocycles. The third kappa shape index (κ3) is 3.87. The Morgan fingerprint density at radius 3 is 2.35 bits per heavy atom. The SMILES string of the molecule is CC(C)C(=O)N1CCCC(N(C(=O)C2CC2)C2CCOCC2)C1. The lowest BCUT2D eigenvalue weighted by molar-refractivity contribution is -0.146. The summed E-state index contributed by atoms with van der Waals surface area (Å²) in [5, 5.41) is 0. The van der Waals surface area contributed by atoms with Crippen molar-refractivity contribution in [3.63, 3.8) is 0 Å². The van der Waals surface area contributed by atoms with Gasteiger partial charge in [0.15, 0.2) is 0 Å². The summed E-state index contributed by atoms with van der Waals surface area (Å²) in [6.07, 6.45) is 5.98. The van der Waals surface area contributed by atoms with Crippen molar-refractivity contribution >= 4 is 11.8 Å². The summed E-state index contributed by atoms with van der Waals surface area (Å²) in [7, 11) is 0. The number of likely N-dealkylation sites (tertiary alicyclic amines) is 1. The largest absolute Gasteiger partial charge is 0.381 e. The number of hydrogen-bond donors (Lipinski definition) is 0. The minimum atomic E-state index is 0.0319. The number of ether oxygens (including phenoxy) is 1. The molecule has 0 radical (unpaired) electrons. The van der Waals surface area contributed by atoms with Crippen molar-refractivity contribution in [2.75, 3.05) is 26.3 Å². The zero-order chi connectivity index (χ0) is 16.4. The lowest BCUT2D eigenvalue weighted by Gasteiger charge is -2.44. The molecule has 1 aliphatic carbocycles. The van der Waals surface area contributed by atoms with E-state index in [0.717, 1.165) is 58.3 Å². The highest BCUT2D eigenvalue weighted by molar-refractivity contribution is 5.82. The number of hydrogen-bond acceptors (Lipinski definition) is 3. The van der Waals surface area contributed by atoms with Gasteiger partial charge in [0.25, 0.3) is 0 Å². The van der Waals surface area contributed by atoms with Crippen LogP contribution in [0.1, 0.15) is 52.4 Å². The zero-order valence-electron chi connectivity index (χ0n) is 14.5. The van der Waals surface area contributed by atoms with Crippen molar-refractivity contribution in [2.45, 2.75) is 64.5 Å². The van der Waals surface area contributed by atoms with E-state index in [1.807, 2.05) is 18.7 Å². The van der Waals surface area contributed by atoms with Gasteiger partial charge in [-0.15, -0.1) is 0 Å². The molecule has 2 saturated heterocycles. The monoisotopic (exact) mass is 322 g/mol. The molecule has 1 atom stereocenters. The number of piperidine rings is 1. The quantitative estimate of drug-likeness (QED) is 0.796. The van der Waals surface area contributed by atoms with Gasteiger partial charge in [0, 0.05) is 50.2 Å². The number of amides is 2. The van der Waals surface area contributed by atoms with Crippen molar-refractivity contribution in [3.8, 4) is 0 Å². The van der Waals surface area contributed by atoms with Crippen LogP contribution in [0, 0.1) is 11.8 Å². The summed E-state index contributed by atoms with van der Waals surface area (Å²) < 4.78 is 5.48. The number of carbonyl (C=O) groups excluding carboxylic acids is 2. The molecule has 0 aromatic rings. The minimum Gasteiger partial charge on any atom is -0.381 e. The van der Waals surface area contributed by atoms with Crippen LogP contribution < -0.4 is 0 Å². The van der Waals surface area contributed by atoms with Crippen LogP contribution in [0.15, 0.2) is 0 Å². The maximum atomic E-state index is 12.9. The Kier molecular flexibility index (Phi) is 5.24. The molecule has 0 bridgehead atoms.